The average Bonchev–Trinajstić information content (AvgIpc) is 2.19. The summed E-state index contributed by atoms with van der Waals surface area (Å²) in [5.74, 6) is 0.482. The molecule has 0 saturated heterocycles. The maximum atomic E-state index is 5.86. The number of rotatable bonds is 3. The highest BCUT2D eigenvalue weighted by Crippen LogP contribution is 2.06. The summed E-state index contributed by atoms with van der Waals surface area (Å²) in [5, 5.41) is 0. The lowest BCUT2D eigenvalue weighted by Gasteiger charge is -2.08. The molecule has 0 aliphatic carbocycles. The Kier molecular flexibility index (Phi) is 3.59. The number of aromatic nitrogens is 2. The Morgan fingerprint density at radius 1 is 1.57 bits per heavy atom. The van der Waals surface area contributed by atoms with Gasteiger partial charge < -0.3 is 11.5 Å². The van der Waals surface area contributed by atoms with Crippen LogP contribution in [0.5, 0.6) is 0 Å². The van der Waals surface area contributed by atoms with Gasteiger partial charge in [-0.2, -0.15) is 0 Å². The van der Waals surface area contributed by atoms with Gasteiger partial charge in [0.2, 0.25) is 0 Å². The molecule has 4 nitrogen and oxygen atoms in total. The van der Waals surface area contributed by atoms with E-state index in [1.807, 2.05) is 6.08 Å². The molecule has 0 radical (unpaired) electrons. The van der Waals surface area contributed by atoms with Gasteiger partial charge >= 0.3 is 0 Å². The van der Waals surface area contributed by atoms with Gasteiger partial charge in [0.1, 0.15) is 12.4 Å². The zero-order valence-electron chi connectivity index (χ0n) is 8.64. The lowest BCUT2D eigenvalue weighted by Crippen LogP contribution is -2.62. The topological polar surface area (TPSA) is 79.4 Å². The average molecular weight is 193 g/mol. The Hall–Kier alpha value is -1.42. The molecule has 1 atom stereocenters. The van der Waals surface area contributed by atoms with Crippen molar-refractivity contribution in [1.82, 2.24) is 9.97 Å². The van der Waals surface area contributed by atoms with E-state index >= 15 is 0 Å². The zero-order chi connectivity index (χ0) is 10.6. The summed E-state index contributed by atoms with van der Waals surface area (Å²) in [6.45, 7) is 4.23. The van der Waals surface area contributed by atoms with Crippen molar-refractivity contribution < 1.29 is 5.73 Å². The van der Waals surface area contributed by atoms with Crippen molar-refractivity contribution in [2.75, 3.05) is 0 Å². The van der Waals surface area contributed by atoms with Crippen LogP contribution in [0.15, 0.2) is 24.7 Å². The van der Waals surface area contributed by atoms with E-state index in [0.717, 1.165) is 5.69 Å². The third kappa shape index (κ3) is 2.81. The van der Waals surface area contributed by atoms with Crippen molar-refractivity contribution in [2.24, 2.45) is 11.7 Å². The van der Waals surface area contributed by atoms with Gasteiger partial charge in [0.05, 0.1) is 11.4 Å². The van der Waals surface area contributed by atoms with Gasteiger partial charge in [-0.25, -0.2) is 9.97 Å². The predicted octanol–water partition coefficient (Wildman–Crippen LogP) is 0.0427. The minimum Gasteiger partial charge on any atom is -0.397 e. The largest absolute Gasteiger partial charge is 0.397 e. The van der Waals surface area contributed by atoms with Crippen LogP contribution in [0.3, 0.4) is 0 Å². The minimum atomic E-state index is 0.213. The van der Waals surface area contributed by atoms with Crippen molar-refractivity contribution in [3.8, 4) is 0 Å². The fraction of sp³-hybridized carbons (Fsp3) is 0.400. The smallest absolute Gasteiger partial charge is 0.116 e. The van der Waals surface area contributed by atoms with Crippen LogP contribution in [-0.2, 0) is 0 Å². The maximum Gasteiger partial charge on any atom is 0.116 e. The molecular weight excluding hydrogens is 176 g/mol. The predicted molar refractivity (Wildman–Crippen MR) is 55.7 cm³/mol. The summed E-state index contributed by atoms with van der Waals surface area (Å²) in [7, 11) is 0. The zero-order valence-corrected chi connectivity index (χ0v) is 8.64. The van der Waals surface area contributed by atoms with Crippen molar-refractivity contribution in [3.63, 3.8) is 0 Å². The molecule has 1 aromatic heterocycles. The molecule has 0 aromatic carbocycles. The molecule has 0 fully saturated rings. The molecule has 1 aromatic rings. The molecule has 0 aliphatic heterocycles. The Morgan fingerprint density at radius 3 is 2.79 bits per heavy atom. The van der Waals surface area contributed by atoms with Crippen LogP contribution in [0, 0.1) is 5.92 Å². The second-order valence-electron chi connectivity index (χ2n) is 3.62. The maximum absolute atomic E-state index is 5.86. The molecular formula is C10H17N4+. The van der Waals surface area contributed by atoms with E-state index in [1.54, 1.807) is 12.3 Å². The normalized spacial score (nSPS) is 14.4. The minimum absolute atomic E-state index is 0.213. The van der Waals surface area contributed by atoms with Gasteiger partial charge in [0.25, 0.3) is 0 Å². The van der Waals surface area contributed by atoms with Gasteiger partial charge in [0.15, 0.2) is 0 Å². The Labute approximate surface area is 84.1 Å². The molecule has 0 spiro atoms. The molecule has 0 aliphatic rings. The number of quaternary nitrogens is 1. The molecule has 14 heavy (non-hydrogen) atoms. The summed E-state index contributed by atoms with van der Waals surface area (Å²) >= 11 is 0. The molecule has 4 heteroatoms. The van der Waals surface area contributed by atoms with Gasteiger partial charge in [-0.05, 0) is 12.1 Å². The third-order valence-electron chi connectivity index (χ3n) is 2.13. The Balaban J connectivity index is 2.80. The Bertz CT molecular complexity index is 305. The second-order valence-corrected chi connectivity index (χ2v) is 3.62. The number of nitrogens with two attached hydrogens (primary N) is 1. The van der Waals surface area contributed by atoms with E-state index in [4.69, 9.17) is 5.73 Å². The highest BCUT2D eigenvalue weighted by Gasteiger charge is 2.09. The van der Waals surface area contributed by atoms with Crippen LogP contribution in [-0.4, -0.2) is 16.0 Å². The van der Waals surface area contributed by atoms with Crippen LogP contribution in [0.2, 0.25) is 0 Å². The van der Waals surface area contributed by atoms with Crippen LogP contribution in [0.4, 0.5) is 0 Å². The van der Waals surface area contributed by atoms with Gasteiger partial charge in [-0.1, -0.05) is 13.8 Å². The Morgan fingerprint density at radius 2 is 2.29 bits per heavy atom. The molecule has 0 bridgehead atoms. The van der Waals surface area contributed by atoms with E-state index in [0.29, 0.717) is 11.6 Å². The number of hydrogen-bond acceptors (Lipinski definition) is 3. The van der Waals surface area contributed by atoms with Crippen LogP contribution >= 0.6 is 0 Å². The van der Waals surface area contributed by atoms with E-state index < -0.39 is 0 Å². The molecule has 1 unspecified atom stereocenters. The number of nitrogens with zero attached hydrogens (tertiary/aromatic N) is 2. The molecule has 0 amide bonds. The van der Waals surface area contributed by atoms with Crippen molar-refractivity contribution >= 4 is 5.70 Å². The van der Waals surface area contributed by atoms with E-state index in [1.165, 1.54) is 6.33 Å². The molecule has 1 heterocycles. The summed E-state index contributed by atoms with van der Waals surface area (Å²) in [5.41, 5.74) is 11.3. The second kappa shape index (κ2) is 4.72. The van der Waals surface area contributed by atoms with E-state index in [-0.39, 0.29) is 6.04 Å². The molecule has 76 valence electrons. The van der Waals surface area contributed by atoms with Gasteiger partial charge in [-0.15, -0.1) is 0 Å². The molecule has 5 N–H and O–H groups in total. The lowest BCUT2D eigenvalue weighted by molar-refractivity contribution is -0.413. The first-order chi connectivity index (χ1) is 6.61. The first-order valence-corrected chi connectivity index (χ1v) is 4.68. The highest BCUT2D eigenvalue weighted by atomic mass is 14.8. The molecule has 0 saturated carbocycles. The summed E-state index contributed by atoms with van der Waals surface area (Å²) in [6, 6.07) is 2.00. The standard InChI is InChI=1S/C10H16N4/c1-7(2)8(11)5-9(12)10-3-4-13-6-14-10/h3-8H,11-12H2,1-2H3/p+1. The van der Waals surface area contributed by atoms with Crippen LogP contribution < -0.4 is 11.5 Å². The van der Waals surface area contributed by atoms with Crippen molar-refractivity contribution in [3.05, 3.63) is 30.4 Å². The fourth-order valence-electron chi connectivity index (χ4n) is 0.970. The van der Waals surface area contributed by atoms with Crippen LogP contribution in [0.1, 0.15) is 19.5 Å². The molecule has 1 rings (SSSR count). The van der Waals surface area contributed by atoms with E-state index in [9.17, 15) is 0 Å². The fourth-order valence-corrected chi connectivity index (χ4v) is 0.970. The quantitative estimate of drug-likeness (QED) is 0.711. The lowest BCUT2D eigenvalue weighted by atomic mass is 10.0. The van der Waals surface area contributed by atoms with Gasteiger partial charge in [0, 0.05) is 12.1 Å². The summed E-state index contributed by atoms with van der Waals surface area (Å²) in [4.78, 5) is 7.89. The summed E-state index contributed by atoms with van der Waals surface area (Å²) in [6.07, 6.45) is 5.10. The highest BCUT2D eigenvalue weighted by molar-refractivity contribution is 5.59. The van der Waals surface area contributed by atoms with Crippen molar-refractivity contribution in [2.45, 2.75) is 19.9 Å². The third-order valence-corrected chi connectivity index (χ3v) is 2.13. The van der Waals surface area contributed by atoms with Gasteiger partial charge in [-0.3, -0.25) is 0 Å². The summed E-state index contributed by atoms with van der Waals surface area (Å²) < 4.78 is 0. The SMILES string of the molecule is CC(C)C([NH3+])C=C(N)c1ccncn1. The van der Waals surface area contributed by atoms with Crippen LogP contribution in [0.25, 0.3) is 5.70 Å². The van der Waals surface area contributed by atoms with E-state index in [2.05, 4.69) is 29.5 Å². The van der Waals surface area contributed by atoms with Crippen molar-refractivity contribution in [1.29, 1.82) is 0 Å². The monoisotopic (exact) mass is 193 g/mol. The first-order valence-electron chi connectivity index (χ1n) is 4.68. The first kappa shape index (κ1) is 10.7. The number of hydrogen-bond donors (Lipinski definition) is 2.